The molecule has 0 fully saturated rings. The fraction of sp³-hybridized carbons (Fsp3) is 0.0588. The van der Waals surface area contributed by atoms with Crippen molar-refractivity contribution in [3.8, 4) is 11.3 Å². The van der Waals surface area contributed by atoms with Gasteiger partial charge in [0.2, 0.25) is 0 Å². The summed E-state index contributed by atoms with van der Waals surface area (Å²) in [6.07, 6.45) is 3.74. The van der Waals surface area contributed by atoms with Crippen LogP contribution in [-0.4, -0.2) is 14.8 Å². The lowest BCUT2D eigenvalue weighted by atomic mass is 10.2. The number of nitrogens with zero attached hydrogens (tertiary/aromatic N) is 3. The smallest absolute Gasteiger partial charge is 0.123 e. The van der Waals surface area contributed by atoms with Crippen LogP contribution < -0.4 is 5.32 Å². The van der Waals surface area contributed by atoms with Crippen molar-refractivity contribution in [1.29, 1.82) is 0 Å². The molecule has 3 heterocycles. The average Bonchev–Trinajstić information content (AvgIpc) is 3.16. The maximum atomic E-state index is 13.0. The summed E-state index contributed by atoms with van der Waals surface area (Å²) in [4.78, 5) is 4.75. The lowest BCUT2D eigenvalue weighted by Crippen LogP contribution is -1.91. The van der Waals surface area contributed by atoms with Crippen LogP contribution in [0.1, 0.15) is 0 Å². The second-order valence-corrected chi connectivity index (χ2v) is 6.14. The average molecular weight is 324 g/mol. The molecule has 0 unspecified atom stereocenters. The number of rotatable bonds is 3. The number of aryl methyl sites for hydroxylation is 1. The topological polar surface area (TPSA) is 42.7 Å². The van der Waals surface area contributed by atoms with E-state index in [0.29, 0.717) is 0 Å². The van der Waals surface area contributed by atoms with Crippen LogP contribution in [0.4, 0.5) is 15.8 Å². The number of pyridine rings is 1. The number of anilines is 2. The number of hydrogen-bond donors (Lipinski definition) is 1. The summed E-state index contributed by atoms with van der Waals surface area (Å²) in [7, 11) is 1.88. The maximum Gasteiger partial charge on any atom is 0.123 e. The molecule has 4 aromatic rings. The SMILES string of the molecule is Cn1cc(-c2ccc3scc(Nc4ccc(F)cc4)c3n2)cn1. The third kappa shape index (κ3) is 2.68. The van der Waals surface area contributed by atoms with Gasteiger partial charge in [-0.15, -0.1) is 11.3 Å². The van der Waals surface area contributed by atoms with Crippen LogP contribution in [0.3, 0.4) is 0 Å². The van der Waals surface area contributed by atoms with Crippen LogP contribution in [0.5, 0.6) is 0 Å². The Balaban J connectivity index is 1.74. The molecule has 0 aliphatic rings. The van der Waals surface area contributed by atoms with Gasteiger partial charge < -0.3 is 5.32 Å². The number of aromatic nitrogens is 3. The van der Waals surface area contributed by atoms with Gasteiger partial charge in [-0.05, 0) is 36.4 Å². The van der Waals surface area contributed by atoms with Gasteiger partial charge in [-0.25, -0.2) is 9.37 Å². The monoisotopic (exact) mass is 324 g/mol. The van der Waals surface area contributed by atoms with Crippen LogP contribution in [-0.2, 0) is 7.05 Å². The van der Waals surface area contributed by atoms with Crippen molar-refractivity contribution >= 4 is 32.9 Å². The Hall–Kier alpha value is -2.73. The molecule has 0 amide bonds. The minimum Gasteiger partial charge on any atom is -0.353 e. The van der Waals surface area contributed by atoms with Crippen molar-refractivity contribution in [2.24, 2.45) is 7.05 Å². The largest absolute Gasteiger partial charge is 0.353 e. The fourth-order valence-electron chi connectivity index (χ4n) is 2.40. The lowest BCUT2D eigenvalue weighted by Gasteiger charge is -2.05. The third-order valence-electron chi connectivity index (χ3n) is 3.54. The first-order valence-corrected chi connectivity index (χ1v) is 7.97. The van der Waals surface area contributed by atoms with Crippen LogP contribution in [0.25, 0.3) is 21.5 Å². The van der Waals surface area contributed by atoms with Gasteiger partial charge in [-0.2, -0.15) is 5.10 Å². The number of benzene rings is 1. The van der Waals surface area contributed by atoms with Crippen molar-refractivity contribution in [3.63, 3.8) is 0 Å². The summed E-state index contributed by atoms with van der Waals surface area (Å²) in [5, 5.41) is 9.51. The van der Waals surface area contributed by atoms with Gasteiger partial charge in [0.05, 0.1) is 22.3 Å². The lowest BCUT2D eigenvalue weighted by molar-refractivity contribution is 0.628. The summed E-state index contributed by atoms with van der Waals surface area (Å²) >= 11 is 1.63. The van der Waals surface area contributed by atoms with Crippen LogP contribution >= 0.6 is 11.3 Å². The van der Waals surface area contributed by atoms with Gasteiger partial charge in [0.25, 0.3) is 0 Å². The minimum atomic E-state index is -0.247. The highest BCUT2D eigenvalue weighted by Crippen LogP contribution is 2.32. The number of fused-ring (bicyclic) bond motifs is 1. The van der Waals surface area contributed by atoms with Crippen molar-refractivity contribution in [2.75, 3.05) is 5.32 Å². The second kappa shape index (κ2) is 5.48. The predicted octanol–water partition coefficient (Wildman–Crippen LogP) is 4.58. The number of thiophene rings is 1. The molecule has 1 aromatic carbocycles. The Bertz CT molecular complexity index is 972. The van der Waals surface area contributed by atoms with Crippen LogP contribution in [0, 0.1) is 5.82 Å². The zero-order valence-corrected chi connectivity index (χ0v) is 13.1. The standard InChI is InChI=1S/C17H13FN4S/c1-22-9-11(8-19-22)14-6-7-16-17(21-14)15(10-23-16)20-13-4-2-12(18)3-5-13/h2-10,20H,1H3. The Morgan fingerprint density at radius 2 is 1.96 bits per heavy atom. The van der Waals surface area contributed by atoms with Gasteiger partial charge in [0.15, 0.2) is 0 Å². The molecule has 0 aliphatic heterocycles. The van der Waals surface area contributed by atoms with E-state index in [4.69, 9.17) is 4.98 Å². The maximum absolute atomic E-state index is 13.0. The van der Waals surface area contributed by atoms with Crippen molar-refractivity contribution in [3.05, 3.63) is 60.0 Å². The number of halogens is 1. The van der Waals surface area contributed by atoms with E-state index in [-0.39, 0.29) is 5.82 Å². The molecule has 114 valence electrons. The van der Waals surface area contributed by atoms with Crippen molar-refractivity contribution in [2.45, 2.75) is 0 Å². The first kappa shape index (κ1) is 13.9. The van der Waals surface area contributed by atoms with E-state index in [0.717, 1.165) is 32.8 Å². The Labute approximate surface area is 136 Å². The minimum absolute atomic E-state index is 0.247. The molecule has 4 nitrogen and oxygen atoms in total. The number of hydrogen-bond acceptors (Lipinski definition) is 4. The predicted molar refractivity (Wildman–Crippen MR) is 91.5 cm³/mol. The molecule has 23 heavy (non-hydrogen) atoms. The number of nitrogens with one attached hydrogen (secondary N) is 1. The van der Waals surface area contributed by atoms with E-state index in [1.54, 1.807) is 34.3 Å². The molecule has 1 N–H and O–H groups in total. The highest BCUT2D eigenvalue weighted by molar-refractivity contribution is 7.17. The normalized spacial score (nSPS) is 11.0. The zero-order chi connectivity index (χ0) is 15.8. The molecule has 0 radical (unpaired) electrons. The van der Waals surface area contributed by atoms with Gasteiger partial charge in [-0.1, -0.05) is 0 Å². The summed E-state index contributed by atoms with van der Waals surface area (Å²) in [6.45, 7) is 0. The Morgan fingerprint density at radius 1 is 1.13 bits per heavy atom. The van der Waals surface area contributed by atoms with Gasteiger partial charge in [0, 0.05) is 29.9 Å². The van der Waals surface area contributed by atoms with E-state index in [1.807, 2.05) is 24.7 Å². The van der Waals surface area contributed by atoms with E-state index < -0.39 is 0 Å². The highest BCUT2D eigenvalue weighted by Gasteiger charge is 2.09. The molecule has 6 heteroatoms. The van der Waals surface area contributed by atoms with Crippen LogP contribution in [0.15, 0.2) is 54.2 Å². The highest BCUT2D eigenvalue weighted by atomic mass is 32.1. The van der Waals surface area contributed by atoms with E-state index in [1.165, 1.54) is 12.1 Å². The van der Waals surface area contributed by atoms with Gasteiger partial charge in [0.1, 0.15) is 11.3 Å². The first-order chi connectivity index (χ1) is 11.2. The zero-order valence-electron chi connectivity index (χ0n) is 12.3. The van der Waals surface area contributed by atoms with Gasteiger partial charge in [-0.3, -0.25) is 4.68 Å². The molecule has 4 rings (SSSR count). The summed E-state index contributed by atoms with van der Waals surface area (Å²) in [6, 6.07) is 10.4. The molecule has 0 bridgehead atoms. The molecular formula is C17H13FN4S. The molecule has 3 aromatic heterocycles. The quantitative estimate of drug-likeness (QED) is 0.600. The Kier molecular flexibility index (Phi) is 3.31. The van der Waals surface area contributed by atoms with Crippen molar-refractivity contribution in [1.82, 2.24) is 14.8 Å². The van der Waals surface area contributed by atoms with Crippen LogP contribution in [0.2, 0.25) is 0 Å². The summed E-state index contributed by atoms with van der Waals surface area (Å²) in [5.74, 6) is -0.247. The van der Waals surface area contributed by atoms with Crippen molar-refractivity contribution < 1.29 is 4.39 Å². The second-order valence-electron chi connectivity index (χ2n) is 5.23. The van der Waals surface area contributed by atoms with E-state index in [2.05, 4.69) is 16.5 Å². The molecule has 0 atom stereocenters. The molecule has 0 saturated carbocycles. The third-order valence-corrected chi connectivity index (χ3v) is 4.48. The Morgan fingerprint density at radius 3 is 2.70 bits per heavy atom. The fourth-order valence-corrected chi connectivity index (χ4v) is 3.23. The van der Waals surface area contributed by atoms with E-state index in [9.17, 15) is 4.39 Å². The first-order valence-electron chi connectivity index (χ1n) is 7.09. The molecule has 0 aliphatic carbocycles. The van der Waals surface area contributed by atoms with E-state index >= 15 is 0 Å². The summed E-state index contributed by atoms with van der Waals surface area (Å²) in [5.41, 5.74) is 4.52. The molecule has 0 spiro atoms. The van der Waals surface area contributed by atoms with Gasteiger partial charge >= 0.3 is 0 Å². The summed E-state index contributed by atoms with van der Waals surface area (Å²) < 4.78 is 15.9. The molecular weight excluding hydrogens is 311 g/mol. The molecule has 0 saturated heterocycles.